The van der Waals surface area contributed by atoms with Gasteiger partial charge in [0.2, 0.25) is 0 Å². The van der Waals surface area contributed by atoms with Gasteiger partial charge in [-0.2, -0.15) is 0 Å². The number of benzene rings is 1. The van der Waals surface area contributed by atoms with E-state index < -0.39 is 0 Å². The van der Waals surface area contributed by atoms with Crippen molar-refractivity contribution in [3.63, 3.8) is 0 Å². The van der Waals surface area contributed by atoms with Crippen LogP contribution in [0.3, 0.4) is 0 Å². The fraction of sp³-hybridized carbons (Fsp3) is 0.500. The molecule has 2 N–H and O–H groups in total. The molecule has 1 heterocycles. The number of nitrogens with two attached hydrogens (primary N) is 1. The first kappa shape index (κ1) is 17.6. The van der Waals surface area contributed by atoms with E-state index >= 15 is 0 Å². The van der Waals surface area contributed by atoms with Crippen molar-refractivity contribution in [2.75, 3.05) is 40.5 Å². The summed E-state index contributed by atoms with van der Waals surface area (Å²) in [5, 5.41) is 0. The van der Waals surface area contributed by atoms with E-state index in [1.165, 1.54) is 0 Å². The lowest BCUT2D eigenvalue weighted by atomic mass is 10.1. The topological polar surface area (TPSA) is 74.0 Å². The SMILES string of the molecule is COc1ccc(C(=O)N2CCOC(CN)C2)cc1OC.Cl. The molecule has 0 aromatic heterocycles. The van der Waals surface area contributed by atoms with Crippen LogP contribution in [0.4, 0.5) is 0 Å². The Balaban J connectivity index is 0.00000220. The third-order valence-corrected chi connectivity index (χ3v) is 3.32. The first-order valence-corrected chi connectivity index (χ1v) is 6.52. The number of carbonyl (C=O) groups is 1. The van der Waals surface area contributed by atoms with Crippen molar-refractivity contribution in [3.8, 4) is 11.5 Å². The fourth-order valence-corrected chi connectivity index (χ4v) is 2.20. The van der Waals surface area contributed by atoms with E-state index in [4.69, 9.17) is 19.9 Å². The normalized spacial score (nSPS) is 17.9. The van der Waals surface area contributed by atoms with Gasteiger partial charge in [0.25, 0.3) is 5.91 Å². The monoisotopic (exact) mass is 316 g/mol. The molecule has 1 amide bonds. The third kappa shape index (κ3) is 4.00. The molecule has 21 heavy (non-hydrogen) atoms. The van der Waals surface area contributed by atoms with E-state index in [-0.39, 0.29) is 24.4 Å². The van der Waals surface area contributed by atoms with E-state index in [2.05, 4.69) is 0 Å². The Morgan fingerprint density at radius 3 is 2.71 bits per heavy atom. The number of hydrogen-bond acceptors (Lipinski definition) is 5. The van der Waals surface area contributed by atoms with Crippen LogP contribution in [0, 0.1) is 0 Å². The largest absolute Gasteiger partial charge is 0.493 e. The highest BCUT2D eigenvalue weighted by Gasteiger charge is 2.24. The van der Waals surface area contributed by atoms with Crippen molar-refractivity contribution in [2.24, 2.45) is 5.73 Å². The predicted octanol–water partition coefficient (Wildman–Crippen LogP) is 0.925. The van der Waals surface area contributed by atoms with E-state index in [9.17, 15) is 4.79 Å². The molecule has 1 fully saturated rings. The Kier molecular flexibility index (Phi) is 6.74. The molecule has 1 unspecified atom stereocenters. The molecule has 118 valence electrons. The van der Waals surface area contributed by atoms with Gasteiger partial charge >= 0.3 is 0 Å². The van der Waals surface area contributed by atoms with E-state index in [0.29, 0.717) is 43.3 Å². The Bertz CT molecular complexity index is 484. The summed E-state index contributed by atoms with van der Waals surface area (Å²) < 4.78 is 15.8. The maximum Gasteiger partial charge on any atom is 0.254 e. The smallest absolute Gasteiger partial charge is 0.254 e. The van der Waals surface area contributed by atoms with E-state index in [1.807, 2.05) is 0 Å². The zero-order valence-electron chi connectivity index (χ0n) is 12.2. The van der Waals surface area contributed by atoms with E-state index in [1.54, 1.807) is 37.3 Å². The summed E-state index contributed by atoms with van der Waals surface area (Å²) >= 11 is 0. The van der Waals surface area contributed by atoms with Crippen LogP contribution in [0.5, 0.6) is 11.5 Å². The van der Waals surface area contributed by atoms with Gasteiger partial charge in [0.1, 0.15) is 0 Å². The number of rotatable bonds is 4. The summed E-state index contributed by atoms with van der Waals surface area (Å²) in [7, 11) is 3.11. The van der Waals surface area contributed by atoms with Crippen molar-refractivity contribution in [3.05, 3.63) is 23.8 Å². The molecule has 1 aromatic carbocycles. The molecule has 1 aromatic rings. The van der Waals surface area contributed by atoms with Gasteiger partial charge in [-0.3, -0.25) is 4.79 Å². The minimum Gasteiger partial charge on any atom is -0.493 e. The van der Waals surface area contributed by atoms with Gasteiger partial charge < -0.3 is 24.8 Å². The molecule has 0 aliphatic carbocycles. The van der Waals surface area contributed by atoms with Gasteiger partial charge in [0, 0.05) is 25.2 Å². The molecule has 1 saturated heterocycles. The highest BCUT2D eigenvalue weighted by Crippen LogP contribution is 2.28. The number of amides is 1. The van der Waals surface area contributed by atoms with Crippen LogP contribution in [0.15, 0.2) is 18.2 Å². The molecule has 1 aliphatic rings. The summed E-state index contributed by atoms with van der Waals surface area (Å²) in [6.45, 7) is 2.02. The number of methoxy groups -OCH3 is 2. The van der Waals surface area contributed by atoms with Crippen LogP contribution < -0.4 is 15.2 Å². The average molecular weight is 317 g/mol. The summed E-state index contributed by atoms with van der Waals surface area (Å²) in [4.78, 5) is 14.2. The molecule has 0 radical (unpaired) electrons. The Morgan fingerprint density at radius 2 is 2.10 bits per heavy atom. The van der Waals surface area contributed by atoms with Gasteiger partial charge in [-0.25, -0.2) is 0 Å². The number of nitrogens with zero attached hydrogens (tertiary/aromatic N) is 1. The first-order chi connectivity index (χ1) is 9.69. The van der Waals surface area contributed by atoms with Gasteiger partial charge in [-0.15, -0.1) is 12.4 Å². The lowest BCUT2D eigenvalue weighted by molar-refractivity contribution is -0.0167. The quantitative estimate of drug-likeness (QED) is 0.894. The number of morpholine rings is 1. The molecule has 7 heteroatoms. The maximum absolute atomic E-state index is 12.5. The molecule has 0 spiro atoms. The second kappa shape index (κ2) is 8.07. The van der Waals surface area contributed by atoms with Crippen LogP contribution in [-0.2, 0) is 4.74 Å². The zero-order chi connectivity index (χ0) is 14.5. The Labute approximate surface area is 130 Å². The predicted molar refractivity (Wildman–Crippen MR) is 81.5 cm³/mol. The second-order valence-corrected chi connectivity index (χ2v) is 4.55. The number of carbonyl (C=O) groups excluding carboxylic acids is 1. The molecule has 6 nitrogen and oxygen atoms in total. The number of hydrogen-bond donors (Lipinski definition) is 1. The Morgan fingerprint density at radius 1 is 1.38 bits per heavy atom. The first-order valence-electron chi connectivity index (χ1n) is 6.52. The van der Waals surface area contributed by atoms with Gasteiger partial charge in [0.15, 0.2) is 11.5 Å². The van der Waals surface area contributed by atoms with Crippen molar-refractivity contribution < 1.29 is 19.0 Å². The van der Waals surface area contributed by atoms with Gasteiger partial charge in [0.05, 0.1) is 26.9 Å². The highest BCUT2D eigenvalue weighted by molar-refractivity contribution is 5.95. The summed E-state index contributed by atoms with van der Waals surface area (Å²) in [5.74, 6) is 1.10. The van der Waals surface area contributed by atoms with Crippen molar-refractivity contribution in [1.82, 2.24) is 4.90 Å². The zero-order valence-corrected chi connectivity index (χ0v) is 13.0. The minimum absolute atomic E-state index is 0. The van der Waals surface area contributed by atoms with Crippen LogP contribution in [0.1, 0.15) is 10.4 Å². The van der Waals surface area contributed by atoms with E-state index in [0.717, 1.165) is 0 Å². The average Bonchev–Trinajstić information content (AvgIpc) is 2.53. The third-order valence-electron chi connectivity index (χ3n) is 3.32. The summed E-state index contributed by atoms with van der Waals surface area (Å²) in [6, 6.07) is 5.15. The molecule has 0 saturated carbocycles. The minimum atomic E-state index is -0.0900. The van der Waals surface area contributed by atoms with Crippen molar-refractivity contribution in [1.29, 1.82) is 0 Å². The summed E-state index contributed by atoms with van der Waals surface area (Å²) in [5.41, 5.74) is 6.16. The Hall–Kier alpha value is -1.50. The van der Waals surface area contributed by atoms with Crippen LogP contribution in [-0.4, -0.2) is 57.4 Å². The number of ether oxygens (including phenoxy) is 3. The lowest BCUT2D eigenvalue weighted by Crippen LogP contribution is -2.48. The maximum atomic E-state index is 12.5. The molecule has 1 atom stereocenters. The molecule has 2 rings (SSSR count). The number of halogens is 1. The summed E-state index contributed by atoms with van der Waals surface area (Å²) in [6.07, 6.45) is -0.0900. The van der Waals surface area contributed by atoms with Gasteiger partial charge in [-0.1, -0.05) is 0 Å². The second-order valence-electron chi connectivity index (χ2n) is 4.55. The molecular formula is C14H21ClN2O4. The van der Waals surface area contributed by atoms with Crippen LogP contribution in [0.25, 0.3) is 0 Å². The molecule has 1 aliphatic heterocycles. The van der Waals surface area contributed by atoms with Crippen molar-refractivity contribution in [2.45, 2.75) is 6.10 Å². The standard InChI is InChI=1S/C14H20N2O4.ClH/c1-18-12-4-3-10(7-13(12)19-2)14(17)16-5-6-20-11(8-15)9-16;/h3-4,7,11H,5-6,8-9,15H2,1-2H3;1H. The highest BCUT2D eigenvalue weighted by atomic mass is 35.5. The van der Waals surface area contributed by atoms with Crippen LogP contribution in [0.2, 0.25) is 0 Å². The molecule has 0 bridgehead atoms. The van der Waals surface area contributed by atoms with Gasteiger partial charge in [-0.05, 0) is 18.2 Å². The lowest BCUT2D eigenvalue weighted by Gasteiger charge is -2.32. The van der Waals surface area contributed by atoms with Crippen LogP contribution >= 0.6 is 12.4 Å². The fourth-order valence-electron chi connectivity index (χ4n) is 2.20. The molecular weight excluding hydrogens is 296 g/mol. The van der Waals surface area contributed by atoms with Crippen molar-refractivity contribution >= 4 is 18.3 Å².